The third-order valence-electron chi connectivity index (χ3n) is 0.792. The number of halogens is 4. The molecule has 1 unspecified atom stereocenters. The number of hydrogen-bond donors (Lipinski definition) is 1. The Kier molecular flexibility index (Phi) is 7.24. The zero-order valence-corrected chi connectivity index (χ0v) is 7.19. The van der Waals surface area contributed by atoms with E-state index in [1.807, 2.05) is 0 Å². The highest BCUT2D eigenvalue weighted by Gasteiger charge is 2.35. The second-order valence-electron chi connectivity index (χ2n) is 1.64. The van der Waals surface area contributed by atoms with Crippen LogP contribution in [0.25, 0.3) is 0 Å². The zero-order valence-electron chi connectivity index (χ0n) is 5.56. The Morgan fingerprint density at radius 2 is 1.82 bits per heavy atom. The highest BCUT2D eigenvalue weighted by atomic mass is 35.5. The Bertz CT molecular complexity index is 129. The summed E-state index contributed by atoms with van der Waals surface area (Å²) >= 11 is 0. The zero-order chi connectivity index (χ0) is 8.20. The normalized spacial score (nSPS) is 13.8. The minimum absolute atomic E-state index is 0. The first-order chi connectivity index (χ1) is 4.48. The van der Waals surface area contributed by atoms with E-state index in [2.05, 4.69) is 0 Å². The summed E-state index contributed by atoms with van der Waals surface area (Å²) in [5, 5.41) is 0. The summed E-state index contributed by atoms with van der Waals surface area (Å²) in [5.74, 6) is -0.389. The lowest BCUT2D eigenvalue weighted by molar-refractivity contribution is -0.0384. The predicted molar refractivity (Wildman–Crippen MR) is 40.0 cm³/mol. The van der Waals surface area contributed by atoms with Gasteiger partial charge in [0.25, 0.3) is 0 Å². The molecule has 0 aromatic heterocycles. The Balaban J connectivity index is 0. The molecule has 7 heteroatoms. The largest absolute Gasteiger partial charge is 0.471 e. The van der Waals surface area contributed by atoms with Gasteiger partial charge < -0.3 is 5.73 Å². The van der Waals surface area contributed by atoms with Crippen molar-refractivity contribution in [3.8, 4) is 0 Å². The summed E-state index contributed by atoms with van der Waals surface area (Å²) in [7, 11) is -2.72. The molecule has 0 aromatic rings. The van der Waals surface area contributed by atoms with E-state index >= 15 is 0 Å². The van der Waals surface area contributed by atoms with Crippen LogP contribution in [0, 0.1) is 0 Å². The van der Waals surface area contributed by atoms with Crippen molar-refractivity contribution in [2.24, 2.45) is 5.73 Å². The fourth-order valence-corrected chi connectivity index (χ4v) is 0.990. The molecule has 2 nitrogen and oxygen atoms in total. The summed E-state index contributed by atoms with van der Waals surface area (Å²) in [6, 6.07) is 0. The summed E-state index contributed by atoms with van der Waals surface area (Å²) in [5.41, 5.74) is 0.344. The maximum atomic E-state index is 11.4. The maximum Gasteiger partial charge on any atom is 0.471 e. The van der Waals surface area contributed by atoms with Crippen LogP contribution in [0.15, 0.2) is 0 Å². The van der Waals surface area contributed by atoms with Gasteiger partial charge in [-0.2, -0.15) is 13.2 Å². The summed E-state index contributed by atoms with van der Waals surface area (Å²) in [6.45, 7) is 0.141. The van der Waals surface area contributed by atoms with Gasteiger partial charge >= 0.3 is 5.51 Å². The summed E-state index contributed by atoms with van der Waals surface area (Å²) in [4.78, 5) is 0. The molecule has 0 aliphatic carbocycles. The number of hydrogen-bond acceptors (Lipinski definition) is 2. The molecule has 0 amide bonds. The molecule has 0 bridgehead atoms. The molecule has 0 aromatic carbocycles. The molecule has 0 rings (SSSR count). The van der Waals surface area contributed by atoms with E-state index < -0.39 is 16.3 Å². The van der Waals surface area contributed by atoms with E-state index in [9.17, 15) is 17.4 Å². The number of alkyl halides is 3. The number of nitrogens with two attached hydrogens (primary N) is 1. The van der Waals surface area contributed by atoms with Crippen molar-refractivity contribution in [2.45, 2.75) is 11.9 Å². The van der Waals surface area contributed by atoms with Gasteiger partial charge in [0, 0.05) is 5.75 Å². The van der Waals surface area contributed by atoms with E-state index in [4.69, 9.17) is 5.73 Å². The molecule has 0 saturated heterocycles. The fraction of sp³-hybridized carbons (Fsp3) is 1.00. The van der Waals surface area contributed by atoms with Gasteiger partial charge in [-0.05, 0) is 13.0 Å². The SMILES string of the molecule is Cl.NCCCS(=O)C(F)(F)F. The van der Waals surface area contributed by atoms with Crippen LogP contribution in [0.2, 0.25) is 0 Å². The minimum atomic E-state index is -4.57. The number of rotatable bonds is 3. The molecule has 0 spiro atoms. The first-order valence-electron chi connectivity index (χ1n) is 2.63. The lowest BCUT2D eigenvalue weighted by Crippen LogP contribution is -2.20. The average Bonchev–Trinajstić information content (AvgIpc) is 1.80. The van der Waals surface area contributed by atoms with Crippen LogP contribution >= 0.6 is 12.4 Å². The quantitative estimate of drug-likeness (QED) is 0.758. The molecule has 70 valence electrons. The first kappa shape index (κ1) is 13.8. The second kappa shape index (κ2) is 5.79. The van der Waals surface area contributed by atoms with Gasteiger partial charge in [-0.15, -0.1) is 12.4 Å². The van der Waals surface area contributed by atoms with E-state index in [1.165, 1.54) is 0 Å². The van der Waals surface area contributed by atoms with Crippen molar-refractivity contribution in [3.05, 3.63) is 0 Å². The monoisotopic (exact) mass is 211 g/mol. The molecule has 0 saturated carbocycles. The molecule has 11 heavy (non-hydrogen) atoms. The van der Waals surface area contributed by atoms with Crippen molar-refractivity contribution >= 4 is 23.2 Å². The van der Waals surface area contributed by atoms with E-state index in [1.54, 1.807) is 0 Å². The molecular weight excluding hydrogens is 203 g/mol. The van der Waals surface area contributed by atoms with Gasteiger partial charge in [0.1, 0.15) is 10.8 Å². The first-order valence-corrected chi connectivity index (χ1v) is 3.95. The lowest BCUT2D eigenvalue weighted by atomic mass is 10.5. The molecule has 2 N–H and O–H groups in total. The predicted octanol–water partition coefficient (Wildman–Crippen LogP) is 1.03. The summed E-state index contributed by atoms with van der Waals surface area (Å²) < 4.78 is 44.4. The Morgan fingerprint density at radius 1 is 1.36 bits per heavy atom. The van der Waals surface area contributed by atoms with Crippen molar-refractivity contribution in [1.82, 2.24) is 0 Å². The molecule has 0 aliphatic heterocycles. The van der Waals surface area contributed by atoms with Gasteiger partial charge in [-0.3, -0.25) is 4.21 Å². The van der Waals surface area contributed by atoms with Crippen LogP contribution in [0.4, 0.5) is 13.2 Å². The van der Waals surface area contributed by atoms with Crippen LogP contribution in [0.1, 0.15) is 6.42 Å². The molecule has 0 radical (unpaired) electrons. The molecular formula is C4H9ClF3NOS. The Morgan fingerprint density at radius 3 is 2.09 bits per heavy atom. The van der Waals surface area contributed by atoms with Crippen molar-refractivity contribution in [3.63, 3.8) is 0 Å². The topological polar surface area (TPSA) is 43.1 Å². The average molecular weight is 212 g/mol. The van der Waals surface area contributed by atoms with Crippen LogP contribution in [-0.4, -0.2) is 22.0 Å². The van der Waals surface area contributed by atoms with Crippen molar-refractivity contribution < 1.29 is 17.4 Å². The van der Waals surface area contributed by atoms with Gasteiger partial charge in [-0.1, -0.05) is 0 Å². The van der Waals surface area contributed by atoms with Crippen molar-refractivity contribution in [2.75, 3.05) is 12.3 Å². The van der Waals surface area contributed by atoms with Crippen LogP contribution in [0.5, 0.6) is 0 Å². The standard InChI is InChI=1S/C4H8F3NOS.ClH/c5-4(6,7)10(9)3-1-2-8;/h1-3,8H2;1H. The highest BCUT2D eigenvalue weighted by Crippen LogP contribution is 2.19. The van der Waals surface area contributed by atoms with E-state index in [-0.39, 0.29) is 31.1 Å². The van der Waals surface area contributed by atoms with Gasteiger partial charge in [0.05, 0.1) is 0 Å². The van der Waals surface area contributed by atoms with Crippen LogP contribution in [0.3, 0.4) is 0 Å². The molecule has 1 atom stereocenters. The highest BCUT2D eigenvalue weighted by molar-refractivity contribution is 7.85. The molecule has 0 heterocycles. The minimum Gasteiger partial charge on any atom is -0.330 e. The summed E-state index contributed by atoms with van der Waals surface area (Å²) in [6.07, 6.45) is 0.145. The van der Waals surface area contributed by atoms with Crippen LogP contribution < -0.4 is 5.73 Å². The van der Waals surface area contributed by atoms with Gasteiger partial charge in [0.2, 0.25) is 0 Å². The lowest BCUT2D eigenvalue weighted by Gasteiger charge is -2.03. The fourth-order valence-electron chi connectivity index (χ4n) is 0.330. The molecule has 0 aliphatic rings. The smallest absolute Gasteiger partial charge is 0.330 e. The third kappa shape index (κ3) is 6.58. The Hall–Kier alpha value is 0.190. The molecule has 0 fully saturated rings. The second-order valence-corrected chi connectivity index (χ2v) is 3.20. The van der Waals surface area contributed by atoms with Crippen LogP contribution in [-0.2, 0) is 10.8 Å². The van der Waals surface area contributed by atoms with Gasteiger partial charge in [-0.25, -0.2) is 0 Å². The van der Waals surface area contributed by atoms with Gasteiger partial charge in [0.15, 0.2) is 0 Å². The van der Waals surface area contributed by atoms with E-state index in [0.29, 0.717) is 0 Å². The van der Waals surface area contributed by atoms with E-state index in [0.717, 1.165) is 0 Å². The Labute approximate surface area is 71.2 Å². The van der Waals surface area contributed by atoms with Crippen molar-refractivity contribution in [1.29, 1.82) is 0 Å². The third-order valence-corrected chi connectivity index (χ3v) is 1.97. The maximum absolute atomic E-state index is 11.4.